The summed E-state index contributed by atoms with van der Waals surface area (Å²) >= 11 is 1.68. The lowest BCUT2D eigenvalue weighted by Crippen LogP contribution is -2.33. The number of carbonyl (C=O) groups is 1. The maximum atomic E-state index is 13.0. The molecular weight excluding hydrogens is 465 g/mol. The second-order valence-electron chi connectivity index (χ2n) is 7.70. The average Bonchev–Trinajstić information content (AvgIpc) is 3.15. The number of halogens is 2. The Kier molecular flexibility index (Phi) is 6.49. The summed E-state index contributed by atoms with van der Waals surface area (Å²) in [7, 11) is 0. The number of thiophene rings is 1. The normalized spacial score (nSPS) is 12.8. The van der Waals surface area contributed by atoms with E-state index < -0.39 is 5.82 Å². The zero-order chi connectivity index (χ0) is 22.2. The molecular formula is C24H21ClFN3O3S. The van der Waals surface area contributed by atoms with Gasteiger partial charge in [0.25, 0.3) is 5.56 Å². The molecule has 0 unspecified atom stereocenters. The highest BCUT2D eigenvalue weighted by Gasteiger charge is 2.22. The van der Waals surface area contributed by atoms with Crippen LogP contribution in [0.5, 0.6) is 5.75 Å². The summed E-state index contributed by atoms with van der Waals surface area (Å²) in [5.74, 6) is 0.114. The van der Waals surface area contributed by atoms with Crippen LogP contribution >= 0.6 is 23.7 Å². The van der Waals surface area contributed by atoms with Gasteiger partial charge in [0.2, 0.25) is 5.91 Å². The molecule has 0 radical (unpaired) electrons. The number of pyridine rings is 2. The van der Waals surface area contributed by atoms with E-state index in [1.165, 1.54) is 28.0 Å². The van der Waals surface area contributed by atoms with E-state index in [9.17, 15) is 14.0 Å². The number of aromatic nitrogens is 2. The smallest absolute Gasteiger partial charge is 0.258 e. The summed E-state index contributed by atoms with van der Waals surface area (Å²) in [5, 5.41) is 1.19. The standard InChI is InChI=1S/C24H20FN3O3S.ClH/c1-15(29)27-8-7-21-20-5-4-18(10-22(20)32-23(21)13-27)28-9-6-19(11-24(28)30)31-14-17-3-2-16(25)12-26-17;/h2-6,9-12H,7-8,13-14H2,1H3;1H. The zero-order valence-corrected chi connectivity index (χ0v) is 19.4. The molecule has 0 saturated heterocycles. The van der Waals surface area contributed by atoms with Crippen LogP contribution in [0.2, 0.25) is 0 Å². The van der Waals surface area contributed by atoms with Crippen molar-refractivity contribution in [1.82, 2.24) is 14.5 Å². The molecule has 4 aromatic rings. The maximum Gasteiger partial charge on any atom is 0.258 e. The van der Waals surface area contributed by atoms with Crippen molar-refractivity contribution in [3.8, 4) is 11.4 Å². The first-order valence-corrected chi connectivity index (χ1v) is 11.1. The zero-order valence-electron chi connectivity index (χ0n) is 17.8. The molecule has 1 aliphatic rings. The molecule has 5 rings (SSSR count). The summed E-state index contributed by atoms with van der Waals surface area (Å²) in [6.45, 7) is 3.14. The maximum absolute atomic E-state index is 13.0. The summed E-state index contributed by atoms with van der Waals surface area (Å²) < 4.78 is 21.3. The van der Waals surface area contributed by atoms with E-state index in [4.69, 9.17) is 4.74 Å². The molecule has 0 fully saturated rings. The second-order valence-corrected chi connectivity index (χ2v) is 8.84. The molecule has 6 nitrogen and oxygen atoms in total. The number of amides is 1. The van der Waals surface area contributed by atoms with Gasteiger partial charge < -0.3 is 9.64 Å². The number of nitrogens with zero attached hydrogens (tertiary/aromatic N) is 3. The van der Waals surface area contributed by atoms with Crippen molar-refractivity contribution in [1.29, 1.82) is 0 Å². The Morgan fingerprint density at radius 3 is 2.79 bits per heavy atom. The molecule has 0 spiro atoms. The van der Waals surface area contributed by atoms with Crippen LogP contribution in [0.4, 0.5) is 4.39 Å². The molecule has 9 heteroatoms. The number of hydrogen-bond acceptors (Lipinski definition) is 5. The van der Waals surface area contributed by atoms with E-state index in [0.717, 1.165) is 29.5 Å². The van der Waals surface area contributed by atoms with Gasteiger partial charge >= 0.3 is 0 Å². The van der Waals surface area contributed by atoms with E-state index in [-0.39, 0.29) is 30.5 Å². The topological polar surface area (TPSA) is 64.4 Å². The fourth-order valence-electron chi connectivity index (χ4n) is 3.92. The average molecular weight is 486 g/mol. The summed E-state index contributed by atoms with van der Waals surface area (Å²) in [4.78, 5) is 31.5. The van der Waals surface area contributed by atoms with Crippen molar-refractivity contribution in [3.05, 3.63) is 87.2 Å². The fraction of sp³-hybridized carbons (Fsp3) is 0.208. The van der Waals surface area contributed by atoms with Gasteiger partial charge in [-0.15, -0.1) is 23.7 Å². The number of carbonyl (C=O) groups excluding carboxylic acids is 1. The number of fused-ring (bicyclic) bond motifs is 3. The third-order valence-electron chi connectivity index (χ3n) is 5.62. The van der Waals surface area contributed by atoms with Crippen LogP contribution in [0.25, 0.3) is 15.8 Å². The molecule has 0 saturated carbocycles. The second kappa shape index (κ2) is 9.33. The van der Waals surface area contributed by atoms with E-state index in [0.29, 0.717) is 18.0 Å². The van der Waals surface area contributed by atoms with E-state index in [1.54, 1.807) is 41.2 Å². The molecule has 33 heavy (non-hydrogen) atoms. The van der Waals surface area contributed by atoms with Crippen LogP contribution in [0.1, 0.15) is 23.1 Å². The van der Waals surface area contributed by atoms with Gasteiger partial charge in [-0.25, -0.2) is 4.39 Å². The number of rotatable bonds is 4. The minimum atomic E-state index is -0.406. The molecule has 1 aliphatic heterocycles. The van der Waals surface area contributed by atoms with Crippen molar-refractivity contribution in [2.45, 2.75) is 26.5 Å². The highest BCUT2D eigenvalue weighted by Crippen LogP contribution is 2.36. The predicted molar refractivity (Wildman–Crippen MR) is 128 cm³/mol. The van der Waals surface area contributed by atoms with Gasteiger partial charge in [-0.05, 0) is 47.7 Å². The predicted octanol–water partition coefficient (Wildman–Crippen LogP) is 4.49. The van der Waals surface area contributed by atoms with Crippen molar-refractivity contribution >= 4 is 39.7 Å². The first kappa shape index (κ1) is 22.9. The van der Waals surface area contributed by atoms with Crippen molar-refractivity contribution < 1.29 is 13.9 Å². The van der Waals surface area contributed by atoms with Crippen molar-refractivity contribution in [2.24, 2.45) is 0 Å². The van der Waals surface area contributed by atoms with Crippen LogP contribution in [-0.2, 0) is 24.4 Å². The summed E-state index contributed by atoms with van der Waals surface area (Å²) in [6, 6.07) is 12.0. The third-order valence-corrected chi connectivity index (χ3v) is 6.80. The van der Waals surface area contributed by atoms with Crippen LogP contribution in [-0.4, -0.2) is 26.9 Å². The molecule has 1 amide bonds. The van der Waals surface area contributed by atoms with Crippen LogP contribution in [0.15, 0.2) is 59.7 Å². The molecule has 1 aromatic carbocycles. The fourth-order valence-corrected chi connectivity index (χ4v) is 5.22. The SMILES string of the molecule is CC(=O)N1CCc2c(sc3cc(-n4ccc(OCc5ccc(F)cn5)cc4=O)ccc23)C1.Cl. The Morgan fingerprint density at radius 1 is 1.21 bits per heavy atom. The Bertz CT molecular complexity index is 1380. The van der Waals surface area contributed by atoms with E-state index in [1.807, 2.05) is 17.0 Å². The molecule has 0 N–H and O–H groups in total. The van der Waals surface area contributed by atoms with Gasteiger partial charge in [0, 0.05) is 35.3 Å². The summed E-state index contributed by atoms with van der Waals surface area (Å²) in [5.41, 5.74) is 2.44. The van der Waals surface area contributed by atoms with Gasteiger partial charge in [0.1, 0.15) is 18.2 Å². The van der Waals surface area contributed by atoms with E-state index in [2.05, 4.69) is 11.1 Å². The highest BCUT2D eigenvalue weighted by molar-refractivity contribution is 7.19. The van der Waals surface area contributed by atoms with Crippen LogP contribution < -0.4 is 10.3 Å². The lowest BCUT2D eigenvalue weighted by Gasteiger charge is -2.25. The molecule has 0 bridgehead atoms. The molecule has 170 valence electrons. The minimum Gasteiger partial charge on any atom is -0.487 e. The first-order chi connectivity index (χ1) is 15.5. The number of ether oxygens (including phenoxy) is 1. The molecule has 0 aliphatic carbocycles. The van der Waals surface area contributed by atoms with Crippen molar-refractivity contribution in [3.63, 3.8) is 0 Å². The summed E-state index contributed by atoms with van der Waals surface area (Å²) in [6.07, 6.45) is 3.66. The lowest BCUT2D eigenvalue weighted by atomic mass is 10.0. The van der Waals surface area contributed by atoms with Gasteiger partial charge in [-0.1, -0.05) is 6.07 Å². The monoisotopic (exact) mass is 485 g/mol. The highest BCUT2D eigenvalue weighted by atomic mass is 35.5. The Balaban J connectivity index is 0.00000259. The van der Waals surface area contributed by atoms with Crippen molar-refractivity contribution in [2.75, 3.05) is 6.54 Å². The minimum absolute atomic E-state index is 0. The van der Waals surface area contributed by atoms with Crippen LogP contribution in [0, 0.1) is 5.82 Å². The molecule has 0 atom stereocenters. The largest absolute Gasteiger partial charge is 0.487 e. The lowest BCUT2D eigenvalue weighted by molar-refractivity contribution is -0.129. The van der Waals surface area contributed by atoms with Gasteiger partial charge in [-0.2, -0.15) is 0 Å². The number of benzene rings is 1. The Hall–Kier alpha value is -3.23. The van der Waals surface area contributed by atoms with Gasteiger partial charge in [-0.3, -0.25) is 19.1 Å². The third kappa shape index (κ3) is 4.62. The first-order valence-electron chi connectivity index (χ1n) is 10.2. The Morgan fingerprint density at radius 2 is 2.06 bits per heavy atom. The van der Waals surface area contributed by atoms with Gasteiger partial charge in [0.15, 0.2) is 0 Å². The van der Waals surface area contributed by atoms with E-state index >= 15 is 0 Å². The Labute approximate surface area is 199 Å². The molecule has 3 aromatic heterocycles. The quantitative estimate of drug-likeness (QED) is 0.427. The molecule has 4 heterocycles. The van der Waals surface area contributed by atoms with Crippen LogP contribution in [0.3, 0.4) is 0 Å². The number of hydrogen-bond donors (Lipinski definition) is 0. The van der Waals surface area contributed by atoms with Gasteiger partial charge in [0.05, 0.1) is 24.1 Å².